The van der Waals surface area contributed by atoms with Gasteiger partial charge in [-0.15, -0.1) is 11.3 Å². The average molecular weight is 301 g/mol. The third-order valence-electron chi connectivity index (χ3n) is 2.12. The standard InChI is InChI=1S/C11H13BrN2OS/c1-8-7-16-11(14-8)6-13-5-4-9-2-3-10(12)15-9/h2-3,7,13H,4-6H2,1H3. The van der Waals surface area contributed by atoms with E-state index < -0.39 is 0 Å². The van der Waals surface area contributed by atoms with E-state index in [0.717, 1.165) is 40.6 Å². The van der Waals surface area contributed by atoms with E-state index in [2.05, 4.69) is 31.6 Å². The van der Waals surface area contributed by atoms with Crippen LogP contribution in [0.2, 0.25) is 0 Å². The number of hydrogen-bond acceptors (Lipinski definition) is 4. The Hall–Kier alpha value is -0.650. The molecule has 1 N–H and O–H groups in total. The number of aromatic nitrogens is 1. The highest BCUT2D eigenvalue weighted by atomic mass is 79.9. The van der Waals surface area contributed by atoms with Crippen molar-refractivity contribution in [1.82, 2.24) is 10.3 Å². The van der Waals surface area contributed by atoms with Gasteiger partial charge in [0.05, 0.1) is 0 Å². The van der Waals surface area contributed by atoms with E-state index in [1.165, 1.54) is 0 Å². The van der Waals surface area contributed by atoms with Crippen molar-refractivity contribution in [1.29, 1.82) is 0 Å². The summed E-state index contributed by atoms with van der Waals surface area (Å²) in [5.41, 5.74) is 1.09. The van der Waals surface area contributed by atoms with Crippen LogP contribution in [0, 0.1) is 6.92 Å². The van der Waals surface area contributed by atoms with Crippen LogP contribution in [-0.2, 0) is 13.0 Å². The van der Waals surface area contributed by atoms with Gasteiger partial charge in [-0.05, 0) is 35.0 Å². The van der Waals surface area contributed by atoms with Gasteiger partial charge in [0.15, 0.2) is 4.67 Å². The fraction of sp³-hybridized carbons (Fsp3) is 0.364. The summed E-state index contributed by atoms with van der Waals surface area (Å²) in [6, 6.07) is 3.90. The summed E-state index contributed by atoms with van der Waals surface area (Å²) in [5, 5.41) is 6.55. The summed E-state index contributed by atoms with van der Waals surface area (Å²) in [7, 11) is 0. The van der Waals surface area contributed by atoms with Gasteiger partial charge < -0.3 is 9.73 Å². The molecule has 0 spiro atoms. The van der Waals surface area contributed by atoms with Crippen molar-refractivity contribution in [2.45, 2.75) is 19.9 Å². The molecule has 0 atom stereocenters. The van der Waals surface area contributed by atoms with E-state index in [1.807, 2.05) is 19.1 Å². The first-order valence-corrected chi connectivity index (χ1v) is 6.77. The van der Waals surface area contributed by atoms with E-state index in [0.29, 0.717) is 0 Å². The number of nitrogens with one attached hydrogen (secondary N) is 1. The largest absolute Gasteiger partial charge is 0.454 e. The zero-order valence-corrected chi connectivity index (χ0v) is 11.4. The topological polar surface area (TPSA) is 38.1 Å². The molecule has 0 aliphatic carbocycles. The Morgan fingerprint density at radius 3 is 3.00 bits per heavy atom. The van der Waals surface area contributed by atoms with Gasteiger partial charge in [-0.1, -0.05) is 0 Å². The van der Waals surface area contributed by atoms with Gasteiger partial charge in [-0.25, -0.2) is 4.98 Å². The minimum Gasteiger partial charge on any atom is -0.454 e. The first-order valence-electron chi connectivity index (χ1n) is 5.10. The summed E-state index contributed by atoms with van der Waals surface area (Å²) < 4.78 is 6.19. The molecule has 0 aliphatic heterocycles. The predicted molar refractivity (Wildman–Crippen MR) is 68.7 cm³/mol. The lowest BCUT2D eigenvalue weighted by atomic mass is 10.3. The molecule has 2 rings (SSSR count). The van der Waals surface area contributed by atoms with Gasteiger partial charge in [0.1, 0.15) is 10.8 Å². The highest BCUT2D eigenvalue weighted by Crippen LogP contribution is 2.14. The molecule has 86 valence electrons. The fourth-order valence-electron chi connectivity index (χ4n) is 1.38. The molecule has 0 aromatic carbocycles. The monoisotopic (exact) mass is 300 g/mol. The molecule has 0 fully saturated rings. The van der Waals surface area contributed by atoms with E-state index in [-0.39, 0.29) is 0 Å². The van der Waals surface area contributed by atoms with Crippen LogP contribution in [0.4, 0.5) is 0 Å². The molecule has 5 heteroatoms. The summed E-state index contributed by atoms with van der Waals surface area (Å²) in [5.74, 6) is 0.995. The second-order valence-corrected chi connectivity index (χ2v) is 5.24. The van der Waals surface area contributed by atoms with E-state index in [1.54, 1.807) is 11.3 Å². The number of halogens is 1. The lowest BCUT2D eigenvalue weighted by Gasteiger charge is -2.00. The quantitative estimate of drug-likeness (QED) is 0.862. The molecule has 0 amide bonds. The first-order chi connectivity index (χ1) is 7.74. The second kappa shape index (κ2) is 5.61. The van der Waals surface area contributed by atoms with E-state index in [9.17, 15) is 0 Å². The Balaban J connectivity index is 1.69. The Morgan fingerprint density at radius 2 is 2.38 bits per heavy atom. The molecule has 0 radical (unpaired) electrons. The highest BCUT2D eigenvalue weighted by molar-refractivity contribution is 9.10. The number of furan rings is 1. The maximum absolute atomic E-state index is 5.40. The van der Waals surface area contributed by atoms with Crippen LogP contribution in [0.5, 0.6) is 0 Å². The number of rotatable bonds is 5. The molecule has 0 bridgehead atoms. The summed E-state index contributed by atoms with van der Waals surface area (Å²) in [6.07, 6.45) is 0.899. The normalized spacial score (nSPS) is 10.9. The maximum Gasteiger partial charge on any atom is 0.169 e. The van der Waals surface area contributed by atoms with Crippen LogP contribution < -0.4 is 5.32 Å². The molecule has 2 heterocycles. The van der Waals surface area contributed by atoms with Gasteiger partial charge >= 0.3 is 0 Å². The Bertz CT molecular complexity index is 410. The van der Waals surface area contributed by atoms with Gasteiger partial charge in [-0.2, -0.15) is 0 Å². The summed E-state index contributed by atoms with van der Waals surface area (Å²) >= 11 is 4.98. The SMILES string of the molecule is Cc1csc(CNCCc2ccc(Br)o2)n1. The van der Waals surface area contributed by atoms with Gasteiger partial charge in [-0.3, -0.25) is 0 Å². The molecule has 0 saturated carbocycles. The summed E-state index contributed by atoms with van der Waals surface area (Å²) in [4.78, 5) is 4.38. The highest BCUT2D eigenvalue weighted by Gasteiger charge is 2.00. The smallest absolute Gasteiger partial charge is 0.169 e. The average Bonchev–Trinajstić information content (AvgIpc) is 2.83. The van der Waals surface area contributed by atoms with Crippen LogP contribution in [0.1, 0.15) is 16.5 Å². The van der Waals surface area contributed by atoms with Crippen molar-refractivity contribution in [3.63, 3.8) is 0 Å². The van der Waals surface area contributed by atoms with Crippen LogP contribution in [0.15, 0.2) is 26.6 Å². The van der Waals surface area contributed by atoms with Crippen LogP contribution in [0.3, 0.4) is 0 Å². The lowest BCUT2D eigenvalue weighted by molar-refractivity contribution is 0.479. The molecule has 16 heavy (non-hydrogen) atoms. The number of thiazole rings is 1. The zero-order valence-electron chi connectivity index (χ0n) is 9.00. The Labute approximate surface area is 107 Å². The number of nitrogens with zero attached hydrogens (tertiary/aromatic N) is 1. The van der Waals surface area contributed by atoms with Crippen molar-refractivity contribution in [3.05, 3.63) is 38.6 Å². The third kappa shape index (κ3) is 3.43. The van der Waals surface area contributed by atoms with Crippen LogP contribution in [-0.4, -0.2) is 11.5 Å². The molecular formula is C11H13BrN2OS. The predicted octanol–water partition coefficient (Wildman–Crippen LogP) is 3.14. The van der Waals surface area contributed by atoms with Gasteiger partial charge in [0.25, 0.3) is 0 Å². The van der Waals surface area contributed by atoms with Crippen molar-refractivity contribution in [3.8, 4) is 0 Å². The Morgan fingerprint density at radius 1 is 1.50 bits per heavy atom. The molecule has 2 aromatic rings. The lowest BCUT2D eigenvalue weighted by Crippen LogP contribution is -2.16. The van der Waals surface area contributed by atoms with Crippen LogP contribution >= 0.6 is 27.3 Å². The summed E-state index contributed by atoms with van der Waals surface area (Å²) in [6.45, 7) is 3.75. The minimum atomic E-state index is 0.790. The second-order valence-electron chi connectivity index (χ2n) is 3.52. The molecule has 0 aliphatic rings. The molecule has 0 unspecified atom stereocenters. The van der Waals surface area contributed by atoms with E-state index >= 15 is 0 Å². The number of hydrogen-bond donors (Lipinski definition) is 1. The van der Waals surface area contributed by atoms with Crippen LogP contribution in [0.25, 0.3) is 0 Å². The fourth-order valence-corrected chi connectivity index (χ4v) is 2.46. The van der Waals surface area contributed by atoms with Gasteiger partial charge in [0, 0.05) is 30.6 Å². The number of aryl methyl sites for hydroxylation is 1. The zero-order chi connectivity index (χ0) is 11.4. The van der Waals surface area contributed by atoms with Crippen molar-refractivity contribution >= 4 is 27.3 Å². The van der Waals surface area contributed by atoms with Crippen molar-refractivity contribution in [2.24, 2.45) is 0 Å². The molecule has 2 aromatic heterocycles. The van der Waals surface area contributed by atoms with E-state index in [4.69, 9.17) is 4.42 Å². The molecule has 0 saturated heterocycles. The van der Waals surface area contributed by atoms with Gasteiger partial charge in [0.2, 0.25) is 0 Å². The molecule has 3 nitrogen and oxygen atoms in total. The van der Waals surface area contributed by atoms with Crippen molar-refractivity contribution < 1.29 is 4.42 Å². The third-order valence-corrected chi connectivity index (χ3v) is 3.51. The minimum absolute atomic E-state index is 0.790. The molecular weight excluding hydrogens is 288 g/mol. The maximum atomic E-state index is 5.40. The first kappa shape index (κ1) is 11.8. The van der Waals surface area contributed by atoms with Crippen molar-refractivity contribution in [2.75, 3.05) is 6.54 Å². The Kier molecular flexibility index (Phi) is 4.15.